The average molecular weight is 243 g/mol. The fourth-order valence-electron chi connectivity index (χ4n) is 1.45. The molecule has 0 saturated carbocycles. The highest BCUT2D eigenvalue weighted by Crippen LogP contribution is 2.26. The Morgan fingerprint density at radius 1 is 1.06 bits per heavy atom. The van der Waals surface area contributed by atoms with Crippen LogP contribution in [-0.2, 0) is 0 Å². The summed E-state index contributed by atoms with van der Waals surface area (Å²) in [6.07, 6.45) is 0. The van der Waals surface area contributed by atoms with Gasteiger partial charge in [0.2, 0.25) is 0 Å². The lowest BCUT2D eigenvalue weighted by Gasteiger charge is -2.08. The normalized spacial score (nSPS) is 9.61. The Morgan fingerprint density at radius 2 is 1.72 bits per heavy atom. The maximum atomic E-state index is 12.9. The predicted octanol–water partition coefficient (Wildman–Crippen LogP) is 3.50. The minimum atomic E-state index is -0.464. The molecule has 0 heterocycles. The summed E-state index contributed by atoms with van der Waals surface area (Å²) in [5, 5.41) is 8.89. The maximum absolute atomic E-state index is 12.9. The van der Waals surface area contributed by atoms with E-state index in [0.29, 0.717) is 17.2 Å². The summed E-state index contributed by atoms with van der Waals surface area (Å²) >= 11 is 0. The second-order valence-electron chi connectivity index (χ2n) is 3.53. The van der Waals surface area contributed by atoms with E-state index in [1.54, 1.807) is 31.4 Å². The summed E-state index contributed by atoms with van der Waals surface area (Å²) in [5.74, 6) is 1.12. The third-order valence-corrected chi connectivity index (χ3v) is 2.35. The first-order chi connectivity index (χ1) is 8.72. The van der Waals surface area contributed by atoms with Crippen molar-refractivity contribution in [1.82, 2.24) is 0 Å². The number of methoxy groups -OCH3 is 1. The largest absolute Gasteiger partial charge is 0.497 e. The van der Waals surface area contributed by atoms with Crippen LogP contribution in [0.25, 0.3) is 0 Å². The van der Waals surface area contributed by atoms with Gasteiger partial charge in [0.05, 0.1) is 12.7 Å². The van der Waals surface area contributed by atoms with Crippen molar-refractivity contribution in [3.63, 3.8) is 0 Å². The molecular formula is C14H10FNO2. The highest BCUT2D eigenvalue weighted by molar-refractivity contribution is 5.45. The van der Waals surface area contributed by atoms with E-state index in [-0.39, 0.29) is 5.56 Å². The Balaban J connectivity index is 2.25. The Labute approximate surface area is 104 Å². The molecule has 4 heteroatoms. The number of ether oxygens (including phenoxy) is 2. The Morgan fingerprint density at radius 3 is 2.33 bits per heavy atom. The molecule has 0 radical (unpaired) electrons. The molecule has 0 aliphatic heterocycles. The molecule has 2 aromatic carbocycles. The fraction of sp³-hybridized carbons (Fsp3) is 0.0714. The molecule has 0 atom stereocenters. The van der Waals surface area contributed by atoms with Gasteiger partial charge >= 0.3 is 0 Å². The molecule has 0 amide bonds. The standard InChI is InChI=1S/C14H10FNO2/c1-17-12-3-5-13(6-4-12)18-14-7-2-11(15)8-10(14)9-16/h2-8H,1H3. The topological polar surface area (TPSA) is 42.2 Å². The van der Waals surface area contributed by atoms with E-state index in [1.807, 2.05) is 6.07 Å². The van der Waals surface area contributed by atoms with Gasteiger partial charge < -0.3 is 9.47 Å². The number of benzene rings is 2. The third kappa shape index (κ3) is 2.58. The lowest BCUT2D eigenvalue weighted by molar-refractivity contribution is 0.412. The van der Waals surface area contributed by atoms with Crippen molar-refractivity contribution in [2.24, 2.45) is 0 Å². The van der Waals surface area contributed by atoms with Crippen molar-refractivity contribution in [2.45, 2.75) is 0 Å². The van der Waals surface area contributed by atoms with Crippen LogP contribution in [0, 0.1) is 17.1 Å². The SMILES string of the molecule is COc1ccc(Oc2ccc(F)cc2C#N)cc1. The zero-order chi connectivity index (χ0) is 13.0. The quantitative estimate of drug-likeness (QED) is 0.828. The van der Waals surface area contributed by atoms with Gasteiger partial charge in [-0.25, -0.2) is 4.39 Å². The van der Waals surface area contributed by atoms with Gasteiger partial charge in [-0.2, -0.15) is 5.26 Å². The van der Waals surface area contributed by atoms with Crippen LogP contribution in [0.3, 0.4) is 0 Å². The van der Waals surface area contributed by atoms with Gasteiger partial charge in [-0.1, -0.05) is 0 Å². The van der Waals surface area contributed by atoms with Crippen LogP contribution in [0.2, 0.25) is 0 Å². The molecule has 0 unspecified atom stereocenters. The highest BCUT2D eigenvalue weighted by Gasteiger charge is 2.06. The smallest absolute Gasteiger partial charge is 0.145 e. The molecule has 0 aliphatic rings. The lowest BCUT2D eigenvalue weighted by Crippen LogP contribution is -1.90. The lowest BCUT2D eigenvalue weighted by atomic mass is 10.2. The van der Waals surface area contributed by atoms with Crippen LogP contribution in [0.4, 0.5) is 4.39 Å². The molecule has 2 rings (SSSR count). The highest BCUT2D eigenvalue weighted by atomic mass is 19.1. The number of nitrogens with zero attached hydrogens (tertiary/aromatic N) is 1. The van der Waals surface area contributed by atoms with E-state index in [4.69, 9.17) is 14.7 Å². The summed E-state index contributed by atoms with van der Waals surface area (Å²) in [6, 6.07) is 12.6. The second-order valence-corrected chi connectivity index (χ2v) is 3.53. The number of rotatable bonds is 3. The zero-order valence-corrected chi connectivity index (χ0v) is 9.68. The molecule has 2 aromatic rings. The van der Waals surface area contributed by atoms with Gasteiger partial charge in [0.1, 0.15) is 29.1 Å². The molecule has 18 heavy (non-hydrogen) atoms. The Bertz CT molecular complexity index is 588. The van der Waals surface area contributed by atoms with E-state index in [9.17, 15) is 4.39 Å². The van der Waals surface area contributed by atoms with Gasteiger partial charge in [0.15, 0.2) is 0 Å². The fourth-order valence-corrected chi connectivity index (χ4v) is 1.45. The first-order valence-electron chi connectivity index (χ1n) is 5.24. The van der Waals surface area contributed by atoms with Crippen LogP contribution >= 0.6 is 0 Å². The minimum Gasteiger partial charge on any atom is -0.497 e. The molecule has 0 aliphatic carbocycles. The summed E-state index contributed by atoms with van der Waals surface area (Å²) < 4.78 is 23.5. The van der Waals surface area contributed by atoms with Crippen molar-refractivity contribution < 1.29 is 13.9 Å². The maximum Gasteiger partial charge on any atom is 0.145 e. The first kappa shape index (κ1) is 11.9. The van der Waals surface area contributed by atoms with Crippen LogP contribution in [-0.4, -0.2) is 7.11 Å². The molecular weight excluding hydrogens is 233 g/mol. The molecule has 0 saturated heterocycles. The average Bonchev–Trinajstić information content (AvgIpc) is 2.41. The number of nitriles is 1. The zero-order valence-electron chi connectivity index (χ0n) is 9.68. The van der Waals surface area contributed by atoms with Crippen molar-refractivity contribution >= 4 is 0 Å². The van der Waals surface area contributed by atoms with Crippen molar-refractivity contribution in [3.8, 4) is 23.3 Å². The van der Waals surface area contributed by atoms with Gasteiger partial charge in [-0.15, -0.1) is 0 Å². The summed E-state index contributed by atoms with van der Waals surface area (Å²) in [7, 11) is 1.57. The van der Waals surface area contributed by atoms with E-state index >= 15 is 0 Å². The Hall–Kier alpha value is -2.54. The van der Waals surface area contributed by atoms with Crippen molar-refractivity contribution in [3.05, 3.63) is 53.8 Å². The van der Waals surface area contributed by atoms with E-state index in [0.717, 1.165) is 6.07 Å². The van der Waals surface area contributed by atoms with Crippen LogP contribution < -0.4 is 9.47 Å². The van der Waals surface area contributed by atoms with Crippen LogP contribution in [0.5, 0.6) is 17.2 Å². The van der Waals surface area contributed by atoms with E-state index in [2.05, 4.69) is 0 Å². The summed E-state index contributed by atoms with van der Waals surface area (Å²) in [6.45, 7) is 0. The monoisotopic (exact) mass is 243 g/mol. The molecule has 0 spiro atoms. The minimum absolute atomic E-state index is 0.158. The third-order valence-electron chi connectivity index (χ3n) is 2.35. The van der Waals surface area contributed by atoms with Gasteiger partial charge in [-0.3, -0.25) is 0 Å². The van der Waals surface area contributed by atoms with Gasteiger partial charge in [-0.05, 0) is 42.5 Å². The van der Waals surface area contributed by atoms with Gasteiger partial charge in [0, 0.05) is 0 Å². The number of hydrogen-bond donors (Lipinski definition) is 0. The van der Waals surface area contributed by atoms with E-state index < -0.39 is 5.82 Å². The van der Waals surface area contributed by atoms with Crippen molar-refractivity contribution in [2.75, 3.05) is 7.11 Å². The van der Waals surface area contributed by atoms with Crippen molar-refractivity contribution in [1.29, 1.82) is 5.26 Å². The molecule has 0 fully saturated rings. The second kappa shape index (κ2) is 5.19. The molecule has 0 aromatic heterocycles. The molecule has 0 N–H and O–H groups in total. The van der Waals surface area contributed by atoms with E-state index in [1.165, 1.54) is 12.1 Å². The predicted molar refractivity (Wildman–Crippen MR) is 64.2 cm³/mol. The summed E-state index contributed by atoms with van der Waals surface area (Å²) in [5.41, 5.74) is 0.158. The first-order valence-corrected chi connectivity index (χ1v) is 5.24. The van der Waals surface area contributed by atoms with Crippen LogP contribution in [0.1, 0.15) is 5.56 Å². The molecule has 3 nitrogen and oxygen atoms in total. The number of hydrogen-bond acceptors (Lipinski definition) is 3. The number of halogens is 1. The van der Waals surface area contributed by atoms with Crippen LogP contribution in [0.15, 0.2) is 42.5 Å². The molecule has 0 bridgehead atoms. The van der Waals surface area contributed by atoms with Gasteiger partial charge in [0.25, 0.3) is 0 Å². The Kier molecular flexibility index (Phi) is 3.44. The molecule has 90 valence electrons. The summed E-state index contributed by atoms with van der Waals surface area (Å²) in [4.78, 5) is 0.